The van der Waals surface area contributed by atoms with Gasteiger partial charge >= 0.3 is 5.97 Å². The van der Waals surface area contributed by atoms with Crippen LogP contribution < -0.4 is 5.32 Å². The van der Waals surface area contributed by atoms with Crippen LogP contribution in [-0.4, -0.2) is 51.1 Å². The summed E-state index contributed by atoms with van der Waals surface area (Å²) in [6.07, 6.45) is 0.250. The molecule has 0 aromatic carbocycles. The van der Waals surface area contributed by atoms with Crippen molar-refractivity contribution in [2.75, 3.05) is 33.9 Å². The third-order valence-electron chi connectivity index (χ3n) is 1.71. The molecule has 5 heteroatoms. The predicted octanol–water partition coefficient (Wildman–Crippen LogP) is -0.463. The number of rotatable bonds is 8. The third kappa shape index (κ3) is 7.97. The Morgan fingerprint density at radius 3 is 2.79 bits per heavy atom. The zero-order valence-corrected chi connectivity index (χ0v) is 8.78. The number of carbonyl (C=O) groups is 1. The van der Waals surface area contributed by atoms with Gasteiger partial charge in [-0.05, 0) is 13.0 Å². The molecule has 0 aliphatic rings. The Morgan fingerprint density at radius 1 is 1.50 bits per heavy atom. The van der Waals surface area contributed by atoms with Crippen LogP contribution in [0.2, 0.25) is 0 Å². The number of hydrogen-bond acceptors (Lipinski definition) is 5. The third-order valence-corrected chi connectivity index (χ3v) is 1.71. The monoisotopic (exact) mass is 205 g/mol. The molecule has 0 aliphatic carbocycles. The van der Waals surface area contributed by atoms with Crippen molar-refractivity contribution in [2.45, 2.75) is 18.9 Å². The molecule has 0 aliphatic heterocycles. The fraction of sp³-hybridized carbons (Fsp3) is 0.889. The lowest BCUT2D eigenvalue weighted by Gasteiger charge is -2.10. The lowest BCUT2D eigenvalue weighted by Crippen LogP contribution is -2.30. The van der Waals surface area contributed by atoms with Crippen LogP contribution in [0.3, 0.4) is 0 Å². The number of esters is 1. The molecule has 0 saturated carbocycles. The fourth-order valence-corrected chi connectivity index (χ4v) is 0.958. The van der Waals surface area contributed by atoms with E-state index >= 15 is 0 Å². The molecule has 5 nitrogen and oxygen atoms in total. The molecule has 0 fully saturated rings. The van der Waals surface area contributed by atoms with E-state index in [0.717, 1.165) is 13.0 Å². The second kappa shape index (κ2) is 8.93. The number of hydrogen-bond donors (Lipinski definition) is 2. The highest BCUT2D eigenvalue weighted by atomic mass is 16.5. The first-order valence-electron chi connectivity index (χ1n) is 4.65. The van der Waals surface area contributed by atoms with Crippen LogP contribution in [0.25, 0.3) is 0 Å². The van der Waals surface area contributed by atoms with Gasteiger partial charge in [0.25, 0.3) is 0 Å². The van der Waals surface area contributed by atoms with Gasteiger partial charge in [0.15, 0.2) is 0 Å². The van der Waals surface area contributed by atoms with E-state index in [-0.39, 0.29) is 6.42 Å². The fourth-order valence-electron chi connectivity index (χ4n) is 0.958. The Morgan fingerprint density at radius 2 is 2.21 bits per heavy atom. The van der Waals surface area contributed by atoms with Crippen LogP contribution in [0.1, 0.15) is 12.8 Å². The van der Waals surface area contributed by atoms with Gasteiger partial charge in [0.2, 0.25) is 0 Å². The van der Waals surface area contributed by atoms with E-state index in [1.165, 1.54) is 7.11 Å². The van der Waals surface area contributed by atoms with Crippen LogP contribution in [0.15, 0.2) is 0 Å². The molecule has 0 rings (SSSR count). The smallest absolute Gasteiger partial charge is 0.308 e. The highest BCUT2D eigenvalue weighted by Gasteiger charge is 2.09. The highest BCUT2D eigenvalue weighted by Crippen LogP contribution is 1.92. The van der Waals surface area contributed by atoms with Gasteiger partial charge in [-0.15, -0.1) is 0 Å². The second-order valence-electron chi connectivity index (χ2n) is 2.98. The first-order valence-corrected chi connectivity index (χ1v) is 4.65. The van der Waals surface area contributed by atoms with E-state index in [9.17, 15) is 9.90 Å². The van der Waals surface area contributed by atoms with Crippen molar-refractivity contribution in [3.05, 3.63) is 0 Å². The molecule has 0 aromatic rings. The minimum Gasteiger partial charge on any atom is -0.469 e. The summed E-state index contributed by atoms with van der Waals surface area (Å²) in [6.45, 7) is 1.87. The lowest BCUT2D eigenvalue weighted by atomic mass is 10.2. The summed E-state index contributed by atoms with van der Waals surface area (Å²) in [5.74, 6) is -0.392. The average Bonchev–Trinajstić information content (AvgIpc) is 2.17. The molecule has 2 N–H and O–H groups in total. The number of aliphatic hydroxyl groups excluding tert-OH is 1. The van der Waals surface area contributed by atoms with Gasteiger partial charge in [-0.3, -0.25) is 4.79 Å². The largest absolute Gasteiger partial charge is 0.469 e. The molecule has 1 atom stereocenters. The number of nitrogens with one attached hydrogen (secondary N) is 1. The number of aliphatic hydroxyl groups is 1. The maximum Gasteiger partial charge on any atom is 0.308 e. The zero-order chi connectivity index (χ0) is 10.8. The van der Waals surface area contributed by atoms with Crippen LogP contribution >= 0.6 is 0 Å². The molecule has 84 valence electrons. The Kier molecular flexibility index (Phi) is 8.51. The highest BCUT2D eigenvalue weighted by molar-refractivity contribution is 5.69. The Balaban J connectivity index is 3.26. The van der Waals surface area contributed by atoms with Crippen molar-refractivity contribution in [1.29, 1.82) is 0 Å². The van der Waals surface area contributed by atoms with Gasteiger partial charge in [0.1, 0.15) is 0 Å². The number of carbonyl (C=O) groups excluding carboxylic acids is 1. The Hall–Kier alpha value is -0.650. The topological polar surface area (TPSA) is 67.8 Å². The van der Waals surface area contributed by atoms with E-state index in [2.05, 4.69) is 10.1 Å². The summed E-state index contributed by atoms with van der Waals surface area (Å²) in [5, 5.41) is 12.3. The summed E-state index contributed by atoms with van der Waals surface area (Å²) in [6, 6.07) is 0. The van der Waals surface area contributed by atoms with Crippen molar-refractivity contribution >= 4 is 5.97 Å². The van der Waals surface area contributed by atoms with Gasteiger partial charge in [0, 0.05) is 20.3 Å². The Labute approximate surface area is 84.4 Å². The van der Waals surface area contributed by atoms with Gasteiger partial charge in [-0.1, -0.05) is 0 Å². The maximum absolute atomic E-state index is 10.7. The van der Waals surface area contributed by atoms with Crippen LogP contribution in [0, 0.1) is 0 Å². The van der Waals surface area contributed by atoms with Gasteiger partial charge < -0.3 is 19.9 Å². The number of ether oxygens (including phenoxy) is 2. The SMILES string of the molecule is COCCCNCC(O)CC(=O)OC. The normalized spacial score (nSPS) is 12.5. The maximum atomic E-state index is 10.7. The summed E-state index contributed by atoms with van der Waals surface area (Å²) in [4.78, 5) is 10.7. The second-order valence-corrected chi connectivity index (χ2v) is 2.98. The van der Waals surface area contributed by atoms with E-state index in [1.54, 1.807) is 7.11 Å². The zero-order valence-electron chi connectivity index (χ0n) is 8.78. The van der Waals surface area contributed by atoms with Crippen molar-refractivity contribution in [3.8, 4) is 0 Å². The molecule has 1 unspecified atom stereocenters. The van der Waals surface area contributed by atoms with Gasteiger partial charge in [-0.2, -0.15) is 0 Å². The van der Waals surface area contributed by atoms with E-state index in [0.29, 0.717) is 13.2 Å². The molecular weight excluding hydrogens is 186 g/mol. The van der Waals surface area contributed by atoms with Crippen molar-refractivity contribution in [3.63, 3.8) is 0 Å². The van der Waals surface area contributed by atoms with Crippen LogP contribution in [0.4, 0.5) is 0 Å². The quantitative estimate of drug-likeness (QED) is 0.414. The van der Waals surface area contributed by atoms with Gasteiger partial charge in [-0.25, -0.2) is 0 Å². The standard InChI is InChI=1S/C9H19NO4/c1-13-5-3-4-10-7-8(11)6-9(12)14-2/h8,10-11H,3-7H2,1-2H3. The summed E-state index contributed by atoms with van der Waals surface area (Å²) in [5.41, 5.74) is 0. The van der Waals surface area contributed by atoms with Crippen LogP contribution in [0.5, 0.6) is 0 Å². The first-order chi connectivity index (χ1) is 6.70. The van der Waals surface area contributed by atoms with E-state index < -0.39 is 12.1 Å². The van der Waals surface area contributed by atoms with Crippen molar-refractivity contribution in [1.82, 2.24) is 5.32 Å². The molecule has 0 amide bonds. The molecule has 0 aromatic heterocycles. The van der Waals surface area contributed by atoms with Crippen molar-refractivity contribution < 1.29 is 19.4 Å². The molecule has 0 spiro atoms. The van der Waals surface area contributed by atoms with Gasteiger partial charge in [0.05, 0.1) is 19.6 Å². The molecule has 0 bridgehead atoms. The predicted molar refractivity (Wildman–Crippen MR) is 52.0 cm³/mol. The molecular formula is C9H19NO4. The summed E-state index contributed by atoms with van der Waals surface area (Å²) < 4.78 is 9.27. The molecule has 0 saturated heterocycles. The van der Waals surface area contributed by atoms with Crippen LogP contribution in [-0.2, 0) is 14.3 Å². The van der Waals surface area contributed by atoms with E-state index in [4.69, 9.17) is 4.74 Å². The minimum atomic E-state index is -0.676. The molecule has 0 heterocycles. The summed E-state index contributed by atoms with van der Waals surface area (Å²) in [7, 11) is 2.95. The number of methoxy groups -OCH3 is 2. The van der Waals surface area contributed by atoms with E-state index in [1.807, 2.05) is 0 Å². The average molecular weight is 205 g/mol. The molecule has 14 heavy (non-hydrogen) atoms. The lowest BCUT2D eigenvalue weighted by molar-refractivity contribution is -0.142. The minimum absolute atomic E-state index is 0.0355. The molecule has 0 radical (unpaired) electrons. The first kappa shape index (κ1) is 13.4. The Bertz CT molecular complexity index is 152. The van der Waals surface area contributed by atoms with Crippen molar-refractivity contribution in [2.24, 2.45) is 0 Å². The summed E-state index contributed by atoms with van der Waals surface area (Å²) >= 11 is 0.